The molecule has 8 heteroatoms. The molecule has 0 bridgehead atoms. The van der Waals surface area contributed by atoms with E-state index >= 15 is 0 Å². The molecule has 0 aromatic heterocycles. The lowest BCUT2D eigenvalue weighted by molar-refractivity contribution is 0.0838. The van der Waals surface area contributed by atoms with Crippen LogP contribution in [0.1, 0.15) is 82.8 Å². The van der Waals surface area contributed by atoms with Gasteiger partial charge in [0, 0.05) is 26.2 Å². The van der Waals surface area contributed by atoms with Gasteiger partial charge >= 0.3 is 12.2 Å². The van der Waals surface area contributed by atoms with Crippen molar-refractivity contribution in [2.75, 3.05) is 46.5 Å². The SMILES string of the molecule is CCOC(=O)N(CCCCCc1ccccc1)CC1CCC(CN(CCCCc2ccc(OC)c([131I])c2)C(=O)OCC)CC1. The summed E-state index contributed by atoms with van der Waals surface area (Å²) in [7, 11) is 1.70. The summed E-state index contributed by atoms with van der Waals surface area (Å²) in [5.41, 5.74) is 2.66. The van der Waals surface area contributed by atoms with Crippen molar-refractivity contribution in [3.63, 3.8) is 0 Å². The van der Waals surface area contributed by atoms with Crippen LogP contribution in [0.2, 0.25) is 0 Å². The first-order valence-electron chi connectivity index (χ1n) is 16.6. The van der Waals surface area contributed by atoms with Gasteiger partial charge in [-0.15, -0.1) is 0 Å². The second-order valence-electron chi connectivity index (χ2n) is 11.9. The third-order valence-electron chi connectivity index (χ3n) is 8.57. The van der Waals surface area contributed by atoms with Crippen molar-refractivity contribution in [3.8, 4) is 5.75 Å². The molecule has 44 heavy (non-hydrogen) atoms. The third-order valence-corrected chi connectivity index (χ3v) is 9.41. The molecule has 0 spiro atoms. The number of aryl methyl sites for hydroxylation is 2. The Morgan fingerprint density at radius 1 is 0.727 bits per heavy atom. The van der Waals surface area contributed by atoms with E-state index in [1.807, 2.05) is 29.7 Å². The average molecular weight is 725 g/mol. The lowest BCUT2D eigenvalue weighted by Gasteiger charge is -2.34. The molecule has 1 fully saturated rings. The van der Waals surface area contributed by atoms with Crippen LogP contribution < -0.4 is 4.74 Å². The molecule has 2 aromatic carbocycles. The number of benzene rings is 2. The molecule has 1 saturated carbocycles. The van der Waals surface area contributed by atoms with E-state index < -0.39 is 0 Å². The molecule has 2 amide bonds. The fourth-order valence-electron chi connectivity index (χ4n) is 6.11. The number of halogens is 1. The average Bonchev–Trinajstić information content (AvgIpc) is 3.03. The van der Waals surface area contributed by atoms with Crippen molar-refractivity contribution in [1.29, 1.82) is 0 Å². The first kappa shape index (κ1) is 36.0. The maximum atomic E-state index is 12.8. The summed E-state index contributed by atoms with van der Waals surface area (Å²) >= 11 is 2.31. The monoisotopic (exact) mass is 724 g/mol. The Labute approximate surface area is 279 Å². The zero-order valence-electron chi connectivity index (χ0n) is 27.1. The summed E-state index contributed by atoms with van der Waals surface area (Å²) in [5.74, 6) is 1.84. The summed E-state index contributed by atoms with van der Waals surface area (Å²) in [4.78, 5) is 29.4. The number of rotatable bonds is 18. The van der Waals surface area contributed by atoms with Gasteiger partial charge < -0.3 is 24.0 Å². The lowest BCUT2D eigenvalue weighted by atomic mass is 9.81. The quantitative estimate of drug-likeness (QED) is 0.114. The van der Waals surface area contributed by atoms with Crippen LogP contribution >= 0.6 is 22.6 Å². The third kappa shape index (κ3) is 12.9. The lowest BCUT2D eigenvalue weighted by Crippen LogP contribution is -2.40. The van der Waals surface area contributed by atoms with Gasteiger partial charge in [0.25, 0.3) is 0 Å². The van der Waals surface area contributed by atoms with E-state index in [-0.39, 0.29) is 12.2 Å². The zero-order chi connectivity index (χ0) is 31.6. The van der Waals surface area contributed by atoms with Gasteiger partial charge in [0.1, 0.15) is 5.75 Å². The molecule has 1 aliphatic carbocycles. The predicted molar refractivity (Wildman–Crippen MR) is 185 cm³/mol. The molecule has 0 unspecified atom stereocenters. The van der Waals surface area contributed by atoms with Crippen LogP contribution in [0.15, 0.2) is 48.5 Å². The Bertz CT molecular complexity index is 1110. The number of amides is 2. The fourth-order valence-corrected chi connectivity index (χ4v) is 6.91. The van der Waals surface area contributed by atoms with Crippen molar-refractivity contribution in [2.24, 2.45) is 11.8 Å². The normalized spacial score (nSPS) is 16.3. The molecule has 0 radical (unpaired) electrons. The van der Waals surface area contributed by atoms with Gasteiger partial charge in [-0.25, -0.2) is 9.59 Å². The van der Waals surface area contributed by atoms with Crippen molar-refractivity contribution in [1.82, 2.24) is 9.80 Å². The molecule has 3 rings (SSSR count). The summed E-state index contributed by atoms with van der Waals surface area (Å²) in [6.07, 6.45) is 11.1. The Morgan fingerprint density at radius 2 is 1.25 bits per heavy atom. The number of carbonyl (C=O) groups excluding carboxylic acids is 2. The highest BCUT2D eigenvalue weighted by Crippen LogP contribution is 2.31. The van der Waals surface area contributed by atoms with E-state index in [0.29, 0.717) is 31.6 Å². The highest BCUT2D eigenvalue weighted by Gasteiger charge is 2.28. The van der Waals surface area contributed by atoms with Crippen molar-refractivity contribution >= 4 is 34.8 Å². The minimum Gasteiger partial charge on any atom is -0.496 e. The molecule has 0 aliphatic heterocycles. The summed E-state index contributed by atoms with van der Waals surface area (Å²) in [6, 6.07) is 16.9. The Kier molecular flexibility index (Phi) is 16.8. The van der Waals surface area contributed by atoms with E-state index in [4.69, 9.17) is 14.2 Å². The van der Waals surface area contributed by atoms with Crippen LogP contribution in [0.25, 0.3) is 0 Å². The van der Waals surface area contributed by atoms with Gasteiger partial charge in [-0.1, -0.05) is 42.8 Å². The molecule has 0 saturated heterocycles. The van der Waals surface area contributed by atoms with Crippen LogP contribution in [0.4, 0.5) is 9.59 Å². The summed E-state index contributed by atoms with van der Waals surface area (Å²) in [6.45, 7) is 7.50. The zero-order valence-corrected chi connectivity index (χ0v) is 29.3. The van der Waals surface area contributed by atoms with Crippen molar-refractivity contribution in [3.05, 3.63) is 63.2 Å². The van der Waals surface area contributed by atoms with Crippen molar-refractivity contribution < 1.29 is 23.8 Å². The number of methoxy groups -OCH3 is 1. The largest absolute Gasteiger partial charge is 0.496 e. The number of unbranched alkanes of at least 4 members (excludes halogenated alkanes) is 3. The predicted octanol–water partition coefficient (Wildman–Crippen LogP) is 8.76. The van der Waals surface area contributed by atoms with E-state index in [1.54, 1.807) is 7.11 Å². The minimum atomic E-state index is -0.200. The Balaban J connectivity index is 1.42. The summed E-state index contributed by atoms with van der Waals surface area (Å²) in [5, 5.41) is 0. The molecular weight excluding hydrogens is 671 g/mol. The maximum absolute atomic E-state index is 12.8. The standard InChI is InChI=1S/C36H53IN2O5/c1-4-43-35(40)38(24-12-7-10-16-29-14-8-6-9-15-29)27-31-18-20-32(21-19-31)28-39(36(41)44-5-2)25-13-11-17-30-22-23-34(42-3)33(37)26-30/h6,8-9,14-15,22-23,26,31-32H,4-5,7,10-13,16-21,24-25,27-28H2,1-3H3/i37+4. The molecule has 244 valence electrons. The number of ether oxygens (including phenoxy) is 3. The highest BCUT2D eigenvalue weighted by atomic mass is 131. The molecule has 1 aliphatic rings. The first-order chi connectivity index (χ1) is 21.4. The van der Waals surface area contributed by atoms with Gasteiger partial charge in [-0.3, -0.25) is 0 Å². The smallest absolute Gasteiger partial charge is 0.409 e. The summed E-state index contributed by atoms with van der Waals surface area (Å²) < 4.78 is 17.3. The number of hydrogen-bond donors (Lipinski definition) is 0. The van der Waals surface area contributed by atoms with E-state index in [0.717, 1.165) is 99.6 Å². The van der Waals surface area contributed by atoms with Crippen LogP contribution in [0, 0.1) is 15.4 Å². The molecule has 2 aromatic rings. The van der Waals surface area contributed by atoms with Crippen molar-refractivity contribution in [2.45, 2.75) is 84.5 Å². The van der Waals surface area contributed by atoms with Crippen LogP contribution in [-0.2, 0) is 22.3 Å². The van der Waals surface area contributed by atoms with E-state index in [1.165, 1.54) is 11.1 Å². The Morgan fingerprint density at radius 3 is 1.77 bits per heavy atom. The van der Waals surface area contributed by atoms with E-state index in [9.17, 15) is 9.59 Å². The minimum absolute atomic E-state index is 0.185. The highest BCUT2D eigenvalue weighted by molar-refractivity contribution is 14.1. The van der Waals surface area contributed by atoms with Gasteiger partial charge in [0.15, 0.2) is 0 Å². The van der Waals surface area contributed by atoms with E-state index in [2.05, 4.69) is 65.1 Å². The second-order valence-corrected chi connectivity index (χ2v) is 13.1. The molecular formula is C36H53IN2O5. The Hall–Kier alpha value is -2.49. The number of carbonyl (C=O) groups is 2. The topological polar surface area (TPSA) is 68.3 Å². The fraction of sp³-hybridized carbons (Fsp3) is 0.611. The molecule has 0 N–H and O–H groups in total. The second kappa shape index (κ2) is 20.5. The number of hydrogen-bond acceptors (Lipinski definition) is 5. The van der Waals surface area contributed by atoms with Gasteiger partial charge in [-0.05, 0) is 136 Å². The molecule has 0 heterocycles. The van der Waals surface area contributed by atoms with Gasteiger partial charge in [0.2, 0.25) is 0 Å². The maximum Gasteiger partial charge on any atom is 0.409 e. The van der Waals surface area contributed by atoms with Gasteiger partial charge in [0.05, 0.1) is 23.9 Å². The molecule has 0 atom stereocenters. The van der Waals surface area contributed by atoms with Crippen LogP contribution in [0.3, 0.4) is 0 Å². The number of nitrogens with zero attached hydrogens (tertiary/aromatic N) is 2. The van der Waals surface area contributed by atoms with Crippen LogP contribution in [-0.4, -0.2) is 68.5 Å². The first-order valence-corrected chi connectivity index (χ1v) is 17.7. The molecule has 7 nitrogen and oxygen atoms in total. The van der Waals surface area contributed by atoms with Crippen LogP contribution in [0.5, 0.6) is 5.75 Å². The van der Waals surface area contributed by atoms with Gasteiger partial charge in [-0.2, -0.15) is 0 Å².